The van der Waals surface area contributed by atoms with Crippen molar-refractivity contribution in [3.8, 4) is 0 Å². The minimum Gasteiger partial charge on any atom is -0.481 e. The van der Waals surface area contributed by atoms with Gasteiger partial charge < -0.3 is 15.3 Å². The van der Waals surface area contributed by atoms with Crippen molar-refractivity contribution in [1.29, 1.82) is 0 Å². The number of nitrogens with one attached hydrogen (secondary N) is 1. The van der Waals surface area contributed by atoms with Crippen LogP contribution < -0.4 is 5.32 Å². The summed E-state index contributed by atoms with van der Waals surface area (Å²) in [6, 6.07) is 0.159. The first-order valence-corrected chi connectivity index (χ1v) is 6.14. The second-order valence-corrected chi connectivity index (χ2v) is 5.15. The summed E-state index contributed by atoms with van der Waals surface area (Å²) in [7, 11) is 0. The van der Waals surface area contributed by atoms with Crippen molar-refractivity contribution in [2.45, 2.75) is 33.2 Å². The van der Waals surface area contributed by atoms with Gasteiger partial charge in [-0.25, -0.2) is 0 Å². The summed E-state index contributed by atoms with van der Waals surface area (Å²) < 4.78 is 0. The number of carbonyl (C=O) groups is 2. The summed E-state index contributed by atoms with van der Waals surface area (Å²) in [5.74, 6) is -0.818. The molecule has 0 aromatic heterocycles. The normalized spacial score (nSPS) is 25.2. The molecule has 1 saturated heterocycles. The number of aliphatic carboxylic acids is 1. The van der Waals surface area contributed by atoms with Crippen LogP contribution in [0.1, 0.15) is 27.2 Å². The molecule has 0 aromatic carbocycles. The van der Waals surface area contributed by atoms with Crippen molar-refractivity contribution in [2.75, 3.05) is 19.6 Å². The molecule has 5 nitrogen and oxygen atoms in total. The molecule has 2 N–H and O–H groups in total. The van der Waals surface area contributed by atoms with Crippen molar-refractivity contribution in [1.82, 2.24) is 10.2 Å². The van der Waals surface area contributed by atoms with Crippen LogP contribution in [0.15, 0.2) is 0 Å². The van der Waals surface area contributed by atoms with Crippen LogP contribution in [0.4, 0.5) is 0 Å². The number of rotatable bonds is 5. The van der Waals surface area contributed by atoms with Gasteiger partial charge in [-0.3, -0.25) is 9.59 Å². The Hall–Kier alpha value is -1.10. The van der Waals surface area contributed by atoms with E-state index in [1.807, 2.05) is 20.8 Å². The highest BCUT2D eigenvalue weighted by Gasteiger charge is 2.34. The monoisotopic (exact) mass is 242 g/mol. The van der Waals surface area contributed by atoms with Crippen molar-refractivity contribution in [3.63, 3.8) is 0 Å². The number of nitrogens with zero attached hydrogens (tertiary/aromatic N) is 1. The molecule has 1 aliphatic heterocycles. The average molecular weight is 242 g/mol. The number of hydrogen-bond acceptors (Lipinski definition) is 3. The van der Waals surface area contributed by atoms with Crippen LogP contribution in [-0.2, 0) is 9.59 Å². The average Bonchev–Trinajstić information content (AvgIpc) is 2.56. The molecular weight excluding hydrogens is 220 g/mol. The minimum absolute atomic E-state index is 0.0337. The molecule has 98 valence electrons. The number of carbonyl (C=O) groups excluding carboxylic acids is 1. The molecular formula is C12H22N2O3. The third-order valence-corrected chi connectivity index (χ3v) is 3.11. The zero-order valence-corrected chi connectivity index (χ0v) is 10.8. The maximum absolute atomic E-state index is 11.5. The molecule has 2 atom stereocenters. The van der Waals surface area contributed by atoms with Gasteiger partial charge in [-0.1, -0.05) is 6.92 Å². The highest BCUT2D eigenvalue weighted by atomic mass is 16.4. The van der Waals surface area contributed by atoms with Crippen molar-refractivity contribution in [2.24, 2.45) is 11.8 Å². The first-order chi connectivity index (χ1) is 7.90. The molecule has 1 heterocycles. The second-order valence-electron chi connectivity index (χ2n) is 5.15. The number of carboxylic acids is 1. The summed E-state index contributed by atoms with van der Waals surface area (Å²) in [4.78, 5) is 24.4. The van der Waals surface area contributed by atoms with Gasteiger partial charge >= 0.3 is 5.97 Å². The first kappa shape index (κ1) is 14.0. The van der Waals surface area contributed by atoms with E-state index in [0.717, 1.165) is 6.54 Å². The van der Waals surface area contributed by atoms with Crippen LogP contribution in [0.5, 0.6) is 0 Å². The van der Waals surface area contributed by atoms with E-state index in [1.54, 1.807) is 0 Å². The highest BCUT2D eigenvalue weighted by molar-refractivity contribution is 5.76. The molecule has 1 aliphatic rings. The smallest absolute Gasteiger partial charge is 0.308 e. The van der Waals surface area contributed by atoms with Gasteiger partial charge in [0.2, 0.25) is 5.91 Å². The Morgan fingerprint density at radius 2 is 2.06 bits per heavy atom. The number of likely N-dealkylation sites (tertiary alicyclic amines) is 1. The van der Waals surface area contributed by atoms with Crippen molar-refractivity contribution < 1.29 is 14.7 Å². The summed E-state index contributed by atoms with van der Waals surface area (Å²) in [6.45, 7) is 7.78. The Labute approximate surface area is 102 Å². The van der Waals surface area contributed by atoms with Gasteiger partial charge in [0.05, 0.1) is 5.92 Å². The van der Waals surface area contributed by atoms with E-state index in [9.17, 15) is 9.59 Å². The molecule has 1 amide bonds. The summed E-state index contributed by atoms with van der Waals surface area (Å²) in [6.07, 6.45) is 0.442. The van der Waals surface area contributed by atoms with Crippen LogP contribution in [0.2, 0.25) is 0 Å². The van der Waals surface area contributed by atoms with Crippen LogP contribution in [0.25, 0.3) is 0 Å². The summed E-state index contributed by atoms with van der Waals surface area (Å²) >= 11 is 0. The van der Waals surface area contributed by atoms with Gasteiger partial charge in [-0.2, -0.15) is 0 Å². The number of carboxylic acid groups (broad SMARTS) is 1. The first-order valence-electron chi connectivity index (χ1n) is 6.14. The second kappa shape index (κ2) is 6.00. The molecule has 0 radical (unpaired) electrons. The Morgan fingerprint density at radius 1 is 1.41 bits per heavy atom. The van der Waals surface area contributed by atoms with Crippen LogP contribution in [0, 0.1) is 11.8 Å². The fourth-order valence-electron chi connectivity index (χ4n) is 2.23. The highest BCUT2D eigenvalue weighted by Crippen LogP contribution is 2.22. The van der Waals surface area contributed by atoms with Gasteiger partial charge in [0.25, 0.3) is 0 Å². The molecule has 0 spiro atoms. The summed E-state index contributed by atoms with van der Waals surface area (Å²) in [5, 5.41) is 11.8. The van der Waals surface area contributed by atoms with E-state index in [4.69, 9.17) is 5.11 Å². The lowest BCUT2D eigenvalue weighted by Crippen LogP contribution is -2.33. The summed E-state index contributed by atoms with van der Waals surface area (Å²) in [5.41, 5.74) is 0. The van der Waals surface area contributed by atoms with Gasteiger partial charge in [0.15, 0.2) is 0 Å². The van der Waals surface area contributed by atoms with Crippen LogP contribution in [0.3, 0.4) is 0 Å². The molecule has 0 unspecified atom stereocenters. The Balaban J connectivity index is 2.30. The SMILES string of the molecule is CC(C)NC(=O)CCN1C[C@@H](C)[C@H](C(=O)O)C1. The van der Waals surface area contributed by atoms with Crippen molar-refractivity contribution >= 4 is 11.9 Å². The van der Waals surface area contributed by atoms with Crippen molar-refractivity contribution in [3.05, 3.63) is 0 Å². The molecule has 17 heavy (non-hydrogen) atoms. The molecule has 0 aliphatic carbocycles. The molecule has 0 saturated carbocycles. The molecule has 1 rings (SSSR count). The fourth-order valence-corrected chi connectivity index (χ4v) is 2.23. The molecule has 0 aromatic rings. The lowest BCUT2D eigenvalue weighted by molar-refractivity contribution is -0.142. The van der Waals surface area contributed by atoms with Gasteiger partial charge in [-0.15, -0.1) is 0 Å². The molecule has 1 fully saturated rings. The largest absolute Gasteiger partial charge is 0.481 e. The topological polar surface area (TPSA) is 69.6 Å². The van der Waals surface area contributed by atoms with E-state index in [1.165, 1.54) is 0 Å². The van der Waals surface area contributed by atoms with Crippen LogP contribution in [-0.4, -0.2) is 47.6 Å². The molecule has 5 heteroatoms. The zero-order valence-electron chi connectivity index (χ0n) is 10.8. The predicted molar refractivity (Wildman–Crippen MR) is 64.6 cm³/mol. The number of amides is 1. The van der Waals surface area contributed by atoms with E-state index in [0.29, 0.717) is 19.5 Å². The third kappa shape index (κ3) is 4.34. The maximum Gasteiger partial charge on any atom is 0.308 e. The maximum atomic E-state index is 11.5. The van der Waals surface area contributed by atoms with E-state index >= 15 is 0 Å². The van der Waals surface area contributed by atoms with Crippen LogP contribution >= 0.6 is 0 Å². The quantitative estimate of drug-likeness (QED) is 0.739. The van der Waals surface area contributed by atoms with E-state index in [2.05, 4.69) is 10.2 Å². The van der Waals surface area contributed by atoms with Gasteiger partial charge in [0.1, 0.15) is 0 Å². The van der Waals surface area contributed by atoms with Gasteiger partial charge in [-0.05, 0) is 19.8 Å². The van der Waals surface area contributed by atoms with Gasteiger partial charge in [0, 0.05) is 32.1 Å². The zero-order chi connectivity index (χ0) is 13.0. The Kier molecular flexibility index (Phi) is 4.93. The Morgan fingerprint density at radius 3 is 2.53 bits per heavy atom. The number of hydrogen-bond donors (Lipinski definition) is 2. The Bertz CT molecular complexity index is 291. The fraction of sp³-hybridized carbons (Fsp3) is 0.833. The lowest BCUT2D eigenvalue weighted by Gasteiger charge is -2.15. The minimum atomic E-state index is -0.730. The predicted octanol–water partition coefficient (Wildman–Crippen LogP) is 0.554. The molecule has 0 bridgehead atoms. The standard InChI is InChI=1S/C12H22N2O3/c1-8(2)13-11(15)4-5-14-6-9(3)10(7-14)12(16)17/h8-10H,4-7H2,1-3H3,(H,13,15)(H,16,17)/t9-,10-/m1/s1. The van der Waals surface area contributed by atoms with E-state index in [-0.39, 0.29) is 23.8 Å². The lowest BCUT2D eigenvalue weighted by atomic mass is 9.99. The third-order valence-electron chi connectivity index (χ3n) is 3.11. The van der Waals surface area contributed by atoms with E-state index < -0.39 is 5.97 Å².